The second-order valence-corrected chi connectivity index (χ2v) is 4.69. The molecule has 1 saturated heterocycles. The maximum absolute atomic E-state index is 13.6. The molecule has 0 amide bonds. The van der Waals surface area contributed by atoms with E-state index >= 15 is 0 Å². The van der Waals surface area contributed by atoms with E-state index in [1.54, 1.807) is 6.07 Å². The van der Waals surface area contributed by atoms with E-state index in [0.717, 1.165) is 31.5 Å². The highest BCUT2D eigenvalue weighted by Gasteiger charge is 2.30. The summed E-state index contributed by atoms with van der Waals surface area (Å²) in [4.78, 5) is 0. The number of nitrogens with one attached hydrogen (secondary N) is 1. The van der Waals surface area contributed by atoms with Crippen molar-refractivity contribution in [2.45, 2.75) is 32.3 Å². The lowest BCUT2D eigenvalue weighted by Gasteiger charge is -2.35. The molecule has 88 valence electrons. The van der Waals surface area contributed by atoms with E-state index in [0.29, 0.717) is 5.75 Å². The highest BCUT2D eigenvalue weighted by Crippen LogP contribution is 2.30. The predicted molar refractivity (Wildman–Crippen MR) is 62.3 cm³/mol. The Balaban J connectivity index is 2.19. The molecule has 0 aromatic heterocycles. The molecule has 0 aliphatic carbocycles. The van der Waals surface area contributed by atoms with Gasteiger partial charge in [-0.15, -0.1) is 0 Å². The number of rotatable bonds is 2. The number of para-hydroxylation sites is 1. The molecule has 1 aromatic carbocycles. The summed E-state index contributed by atoms with van der Waals surface area (Å²) in [5, 5.41) is 3.28. The molecule has 1 N–H and O–H groups in total. The summed E-state index contributed by atoms with van der Waals surface area (Å²) in [5.41, 5.74) is 0.623. The van der Waals surface area contributed by atoms with E-state index in [1.165, 1.54) is 6.07 Å². The molecular weight excluding hydrogens is 205 g/mol. The van der Waals surface area contributed by atoms with Crippen LogP contribution in [0.1, 0.15) is 25.3 Å². The van der Waals surface area contributed by atoms with Crippen LogP contribution in [0.4, 0.5) is 4.39 Å². The average molecular weight is 223 g/mol. The summed E-state index contributed by atoms with van der Waals surface area (Å²) in [6, 6.07) is 5.04. The number of ether oxygens (including phenoxy) is 1. The molecule has 0 unspecified atom stereocenters. The van der Waals surface area contributed by atoms with Crippen molar-refractivity contribution in [3.8, 4) is 5.75 Å². The lowest BCUT2D eigenvalue weighted by atomic mass is 9.94. The number of benzene rings is 1. The molecule has 1 aliphatic heterocycles. The van der Waals surface area contributed by atoms with Gasteiger partial charge < -0.3 is 10.1 Å². The standard InChI is InChI=1S/C13H18FNO/c1-10-4-3-5-11(14)12(10)16-13(2)6-8-15-9-7-13/h3-5,15H,6-9H2,1-2H3. The van der Waals surface area contributed by atoms with Crippen molar-refractivity contribution < 1.29 is 9.13 Å². The molecule has 2 nitrogen and oxygen atoms in total. The smallest absolute Gasteiger partial charge is 0.165 e. The van der Waals surface area contributed by atoms with Gasteiger partial charge in [0.25, 0.3) is 0 Å². The molecule has 0 saturated carbocycles. The van der Waals surface area contributed by atoms with Gasteiger partial charge in [-0.05, 0) is 51.4 Å². The van der Waals surface area contributed by atoms with Crippen LogP contribution in [0, 0.1) is 12.7 Å². The SMILES string of the molecule is Cc1cccc(F)c1OC1(C)CCNCC1. The topological polar surface area (TPSA) is 21.3 Å². The van der Waals surface area contributed by atoms with Gasteiger partial charge in [-0.25, -0.2) is 4.39 Å². The first-order valence-electron chi connectivity index (χ1n) is 5.76. The summed E-state index contributed by atoms with van der Waals surface area (Å²) in [6.45, 7) is 5.80. The molecule has 0 radical (unpaired) electrons. The van der Waals surface area contributed by atoms with Gasteiger partial charge in [-0.1, -0.05) is 12.1 Å². The largest absolute Gasteiger partial charge is 0.484 e. The van der Waals surface area contributed by atoms with Crippen LogP contribution in [0.5, 0.6) is 5.75 Å². The van der Waals surface area contributed by atoms with Gasteiger partial charge >= 0.3 is 0 Å². The molecule has 16 heavy (non-hydrogen) atoms. The quantitative estimate of drug-likeness (QED) is 0.832. The molecular formula is C13H18FNO. The summed E-state index contributed by atoms with van der Waals surface area (Å²) >= 11 is 0. The highest BCUT2D eigenvalue weighted by molar-refractivity contribution is 5.34. The van der Waals surface area contributed by atoms with Crippen LogP contribution >= 0.6 is 0 Å². The summed E-state index contributed by atoms with van der Waals surface area (Å²) in [7, 11) is 0. The zero-order chi connectivity index (χ0) is 11.6. The predicted octanol–water partition coefficient (Wildman–Crippen LogP) is 2.66. The van der Waals surface area contributed by atoms with Crippen LogP contribution in [-0.2, 0) is 0 Å². The molecule has 1 aliphatic rings. The summed E-state index contributed by atoms with van der Waals surface area (Å²) < 4.78 is 19.5. The van der Waals surface area contributed by atoms with Crippen LogP contribution in [0.15, 0.2) is 18.2 Å². The average Bonchev–Trinajstić information content (AvgIpc) is 2.25. The van der Waals surface area contributed by atoms with Gasteiger partial charge in [0.15, 0.2) is 11.6 Å². The fourth-order valence-electron chi connectivity index (χ4n) is 2.05. The van der Waals surface area contributed by atoms with Gasteiger partial charge in [-0.2, -0.15) is 0 Å². The molecule has 2 rings (SSSR count). The summed E-state index contributed by atoms with van der Waals surface area (Å²) in [5.74, 6) is 0.145. The first kappa shape index (κ1) is 11.4. The minimum absolute atomic E-state index is 0.238. The van der Waals surface area contributed by atoms with E-state index < -0.39 is 0 Å². The highest BCUT2D eigenvalue weighted by atomic mass is 19.1. The van der Waals surface area contributed by atoms with E-state index in [9.17, 15) is 4.39 Å². The van der Waals surface area contributed by atoms with Gasteiger partial charge in [-0.3, -0.25) is 0 Å². The third-order valence-electron chi connectivity index (χ3n) is 3.17. The Labute approximate surface area is 95.8 Å². The third-order valence-corrected chi connectivity index (χ3v) is 3.17. The summed E-state index contributed by atoms with van der Waals surface area (Å²) in [6.07, 6.45) is 1.83. The number of hydrogen-bond acceptors (Lipinski definition) is 2. The van der Waals surface area contributed by atoms with Crippen molar-refractivity contribution in [2.24, 2.45) is 0 Å². The Bertz CT molecular complexity index is 352. The molecule has 3 heteroatoms. The lowest BCUT2D eigenvalue weighted by Crippen LogP contribution is -2.44. The second kappa shape index (κ2) is 4.42. The number of aryl methyl sites for hydroxylation is 1. The molecule has 1 aromatic rings. The van der Waals surface area contributed by atoms with Gasteiger partial charge in [0, 0.05) is 0 Å². The van der Waals surface area contributed by atoms with E-state index in [-0.39, 0.29) is 11.4 Å². The maximum atomic E-state index is 13.6. The second-order valence-electron chi connectivity index (χ2n) is 4.69. The van der Waals surface area contributed by atoms with Crippen molar-refractivity contribution in [3.63, 3.8) is 0 Å². The van der Waals surface area contributed by atoms with Crippen molar-refractivity contribution in [3.05, 3.63) is 29.6 Å². The van der Waals surface area contributed by atoms with E-state index in [4.69, 9.17) is 4.74 Å². The first-order valence-corrected chi connectivity index (χ1v) is 5.76. The van der Waals surface area contributed by atoms with Crippen LogP contribution in [-0.4, -0.2) is 18.7 Å². The molecule has 1 heterocycles. The maximum Gasteiger partial charge on any atom is 0.165 e. The zero-order valence-electron chi connectivity index (χ0n) is 9.85. The van der Waals surface area contributed by atoms with Crippen molar-refractivity contribution >= 4 is 0 Å². The first-order chi connectivity index (χ1) is 7.61. The fourth-order valence-corrected chi connectivity index (χ4v) is 2.05. The Morgan fingerprint density at radius 3 is 2.62 bits per heavy atom. The number of piperidine rings is 1. The van der Waals surface area contributed by atoms with Gasteiger partial charge in [0.05, 0.1) is 0 Å². The normalized spacial score (nSPS) is 19.4. The van der Waals surface area contributed by atoms with Gasteiger partial charge in [0.2, 0.25) is 0 Å². The number of halogens is 1. The van der Waals surface area contributed by atoms with Crippen LogP contribution in [0.25, 0.3) is 0 Å². The molecule has 1 fully saturated rings. The van der Waals surface area contributed by atoms with Crippen LogP contribution in [0.3, 0.4) is 0 Å². The fraction of sp³-hybridized carbons (Fsp3) is 0.538. The minimum Gasteiger partial charge on any atom is -0.484 e. The van der Waals surface area contributed by atoms with E-state index in [2.05, 4.69) is 12.2 Å². The van der Waals surface area contributed by atoms with Crippen LogP contribution < -0.4 is 10.1 Å². The molecule has 0 atom stereocenters. The third kappa shape index (κ3) is 2.35. The Hall–Kier alpha value is -1.09. The van der Waals surface area contributed by atoms with Gasteiger partial charge in [0.1, 0.15) is 5.60 Å². The van der Waals surface area contributed by atoms with Crippen molar-refractivity contribution in [1.82, 2.24) is 5.32 Å². The van der Waals surface area contributed by atoms with Crippen molar-refractivity contribution in [1.29, 1.82) is 0 Å². The minimum atomic E-state index is -0.264. The monoisotopic (exact) mass is 223 g/mol. The Kier molecular flexibility index (Phi) is 3.15. The zero-order valence-corrected chi connectivity index (χ0v) is 9.85. The lowest BCUT2D eigenvalue weighted by molar-refractivity contribution is 0.0507. The van der Waals surface area contributed by atoms with Crippen molar-refractivity contribution in [2.75, 3.05) is 13.1 Å². The van der Waals surface area contributed by atoms with Crippen LogP contribution in [0.2, 0.25) is 0 Å². The Morgan fingerprint density at radius 1 is 1.31 bits per heavy atom. The van der Waals surface area contributed by atoms with E-state index in [1.807, 2.05) is 13.0 Å². The molecule has 0 spiro atoms. The Morgan fingerprint density at radius 2 is 2.00 bits per heavy atom. The molecule has 0 bridgehead atoms. The number of hydrogen-bond donors (Lipinski definition) is 1.